The average molecular weight is 471 g/mol. The van der Waals surface area contributed by atoms with Gasteiger partial charge < -0.3 is 14.8 Å². The smallest absolute Gasteiger partial charge is 0.262 e. The van der Waals surface area contributed by atoms with Crippen LogP contribution in [-0.2, 0) is 11.2 Å². The van der Waals surface area contributed by atoms with E-state index in [0.717, 1.165) is 10.5 Å². The lowest BCUT2D eigenvalue weighted by atomic mass is 10.1. The highest BCUT2D eigenvalue weighted by atomic mass is 32.2. The molecule has 176 valence electrons. The van der Waals surface area contributed by atoms with Gasteiger partial charge in [0.25, 0.3) is 11.8 Å². The first-order chi connectivity index (χ1) is 16.0. The number of thioether (sulfide) groups is 1. The van der Waals surface area contributed by atoms with E-state index in [1.165, 1.54) is 0 Å². The summed E-state index contributed by atoms with van der Waals surface area (Å²) in [6.07, 6.45) is 2.91. The zero-order valence-corrected chi connectivity index (χ0v) is 20.1. The lowest BCUT2D eigenvalue weighted by Crippen LogP contribution is -2.50. The van der Waals surface area contributed by atoms with Crippen LogP contribution in [0.25, 0.3) is 0 Å². The standard InChI is InChI=1S/C25H30N2O5S/c1-4-31-21-11-10-17(16-22(21)32-5-2)12-14-26-23(28)20(13-15-33-3)27-24(29)18-8-6-7-9-19(18)25(27)30/h6-11,16,20H,4-5,12-15H2,1-3H3,(H,26,28). The summed E-state index contributed by atoms with van der Waals surface area (Å²) < 4.78 is 11.3. The van der Waals surface area contributed by atoms with Gasteiger partial charge in [0, 0.05) is 6.54 Å². The molecule has 0 fully saturated rings. The molecule has 1 aliphatic heterocycles. The van der Waals surface area contributed by atoms with Crippen LogP contribution in [0, 0.1) is 0 Å². The van der Waals surface area contributed by atoms with Crippen LogP contribution in [0.15, 0.2) is 42.5 Å². The first-order valence-corrected chi connectivity index (χ1v) is 12.5. The third-order valence-electron chi connectivity index (χ3n) is 5.36. The molecular formula is C25H30N2O5S. The second-order valence-electron chi connectivity index (χ2n) is 7.51. The van der Waals surface area contributed by atoms with E-state index in [1.807, 2.05) is 38.3 Å². The highest BCUT2D eigenvalue weighted by Crippen LogP contribution is 2.29. The van der Waals surface area contributed by atoms with Gasteiger partial charge in [0.05, 0.1) is 24.3 Å². The number of fused-ring (bicyclic) bond motifs is 1. The molecule has 8 heteroatoms. The Morgan fingerprint density at radius 3 is 2.24 bits per heavy atom. The first kappa shape index (κ1) is 24.6. The van der Waals surface area contributed by atoms with Gasteiger partial charge in [-0.25, -0.2) is 0 Å². The fraction of sp³-hybridized carbons (Fsp3) is 0.400. The number of carbonyl (C=O) groups excluding carboxylic acids is 3. The largest absolute Gasteiger partial charge is 0.490 e. The summed E-state index contributed by atoms with van der Waals surface area (Å²) in [7, 11) is 0. The van der Waals surface area contributed by atoms with Crippen LogP contribution in [0.5, 0.6) is 11.5 Å². The number of benzene rings is 2. The SMILES string of the molecule is CCOc1ccc(CCNC(=O)C(CCSC)N2C(=O)c3ccccc3C2=O)cc1OCC. The average Bonchev–Trinajstić information content (AvgIpc) is 3.07. The maximum absolute atomic E-state index is 13.1. The molecule has 0 saturated heterocycles. The Morgan fingerprint density at radius 1 is 1.00 bits per heavy atom. The molecule has 3 amide bonds. The third-order valence-corrected chi connectivity index (χ3v) is 6.00. The van der Waals surface area contributed by atoms with Crippen LogP contribution in [0.2, 0.25) is 0 Å². The maximum atomic E-state index is 13.1. The Morgan fingerprint density at radius 2 is 1.64 bits per heavy atom. The zero-order valence-electron chi connectivity index (χ0n) is 19.3. The quantitative estimate of drug-likeness (QED) is 0.478. The first-order valence-electron chi connectivity index (χ1n) is 11.1. The second-order valence-corrected chi connectivity index (χ2v) is 8.50. The highest BCUT2D eigenvalue weighted by Gasteiger charge is 2.42. The van der Waals surface area contributed by atoms with E-state index in [4.69, 9.17) is 9.47 Å². The van der Waals surface area contributed by atoms with E-state index in [1.54, 1.807) is 36.0 Å². The number of nitrogens with one attached hydrogen (secondary N) is 1. The molecule has 1 unspecified atom stereocenters. The number of amides is 3. The summed E-state index contributed by atoms with van der Waals surface area (Å²) in [5, 5.41) is 2.91. The minimum Gasteiger partial charge on any atom is -0.490 e. The summed E-state index contributed by atoms with van der Waals surface area (Å²) in [5.74, 6) is 0.869. The molecular weight excluding hydrogens is 440 g/mol. The van der Waals surface area contributed by atoms with Gasteiger partial charge in [-0.2, -0.15) is 11.8 Å². The van der Waals surface area contributed by atoms with Crippen molar-refractivity contribution in [1.82, 2.24) is 10.2 Å². The van der Waals surface area contributed by atoms with Gasteiger partial charge in [0.1, 0.15) is 6.04 Å². The minimum absolute atomic E-state index is 0.325. The molecule has 7 nitrogen and oxygen atoms in total. The van der Waals surface area contributed by atoms with Crippen LogP contribution < -0.4 is 14.8 Å². The number of imide groups is 1. The minimum atomic E-state index is -0.843. The molecule has 0 bridgehead atoms. The monoisotopic (exact) mass is 470 g/mol. The van der Waals surface area contributed by atoms with Crippen molar-refractivity contribution >= 4 is 29.5 Å². The fourth-order valence-corrected chi connectivity index (χ4v) is 4.26. The lowest BCUT2D eigenvalue weighted by Gasteiger charge is -2.25. The number of ether oxygens (including phenoxy) is 2. The van der Waals surface area contributed by atoms with Gasteiger partial charge in [-0.05, 0) is 68.5 Å². The van der Waals surface area contributed by atoms with E-state index >= 15 is 0 Å². The normalized spacial score (nSPS) is 13.6. The van der Waals surface area contributed by atoms with Crippen molar-refractivity contribution in [2.24, 2.45) is 0 Å². The van der Waals surface area contributed by atoms with Crippen molar-refractivity contribution in [3.63, 3.8) is 0 Å². The summed E-state index contributed by atoms with van der Waals surface area (Å²) in [6, 6.07) is 11.6. The Kier molecular flexibility index (Phi) is 8.77. The summed E-state index contributed by atoms with van der Waals surface area (Å²) in [6.45, 7) is 5.28. The number of hydrogen-bond acceptors (Lipinski definition) is 6. The Balaban J connectivity index is 1.67. The molecule has 0 aliphatic carbocycles. The molecule has 1 N–H and O–H groups in total. The van der Waals surface area contributed by atoms with Crippen molar-refractivity contribution < 1.29 is 23.9 Å². The predicted molar refractivity (Wildman–Crippen MR) is 129 cm³/mol. The number of carbonyl (C=O) groups is 3. The second kappa shape index (κ2) is 11.7. The van der Waals surface area contributed by atoms with E-state index < -0.39 is 17.9 Å². The molecule has 3 rings (SSSR count). The van der Waals surface area contributed by atoms with Gasteiger partial charge in [-0.3, -0.25) is 19.3 Å². The summed E-state index contributed by atoms with van der Waals surface area (Å²) >= 11 is 1.57. The van der Waals surface area contributed by atoms with Crippen LogP contribution in [0.4, 0.5) is 0 Å². The maximum Gasteiger partial charge on any atom is 0.262 e. The molecule has 33 heavy (non-hydrogen) atoms. The molecule has 2 aromatic rings. The van der Waals surface area contributed by atoms with E-state index in [-0.39, 0.29) is 5.91 Å². The van der Waals surface area contributed by atoms with Crippen LogP contribution in [0.1, 0.15) is 46.5 Å². The number of hydrogen-bond donors (Lipinski definition) is 1. The molecule has 0 radical (unpaired) electrons. The van der Waals surface area contributed by atoms with E-state index in [0.29, 0.717) is 61.0 Å². The van der Waals surface area contributed by atoms with Crippen molar-refractivity contribution in [3.05, 3.63) is 59.2 Å². The van der Waals surface area contributed by atoms with Crippen molar-refractivity contribution in [3.8, 4) is 11.5 Å². The molecule has 0 aromatic heterocycles. The topological polar surface area (TPSA) is 84.9 Å². The number of nitrogens with zero attached hydrogens (tertiary/aromatic N) is 1. The van der Waals surface area contributed by atoms with Crippen molar-refractivity contribution in [1.29, 1.82) is 0 Å². The van der Waals surface area contributed by atoms with Crippen LogP contribution >= 0.6 is 11.8 Å². The van der Waals surface area contributed by atoms with Crippen LogP contribution in [-0.4, -0.2) is 60.4 Å². The zero-order chi connectivity index (χ0) is 23.8. The Bertz CT molecular complexity index is 975. The Labute approximate surface area is 198 Å². The fourth-order valence-electron chi connectivity index (χ4n) is 3.80. The van der Waals surface area contributed by atoms with Crippen LogP contribution in [0.3, 0.4) is 0 Å². The molecule has 1 atom stereocenters. The van der Waals surface area contributed by atoms with Gasteiger partial charge in [-0.1, -0.05) is 18.2 Å². The summed E-state index contributed by atoms with van der Waals surface area (Å²) in [5.41, 5.74) is 1.69. The predicted octanol–water partition coefficient (Wildman–Crippen LogP) is 3.56. The van der Waals surface area contributed by atoms with Gasteiger partial charge in [0.15, 0.2) is 11.5 Å². The summed E-state index contributed by atoms with van der Waals surface area (Å²) in [4.78, 5) is 40.0. The molecule has 1 aliphatic rings. The van der Waals surface area contributed by atoms with Crippen molar-refractivity contribution in [2.45, 2.75) is 32.7 Å². The van der Waals surface area contributed by atoms with Gasteiger partial charge in [0.2, 0.25) is 5.91 Å². The highest BCUT2D eigenvalue weighted by molar-refractivity contribution is 7.98. The van der Waals surface area contributed by atoms with E-state index in [9.17, 15) is 14.4 Å². The lowest BCUT2D eigenvalue weighted by molar-refractivity contribution is -0.125. The van der Waals surface area contributed by atoms with Gasteiger partial charge >= 0.3 is 0 Å². The number of rotatable bonds is 12. The van der Waals surface area contributed by atoms with E-state index in [2.05, 4.69) is 5.32 Å². The molecule has 2 aromatic carbocycles. The van der Waals surface area contributed by atoms with Gasteiger partial charge in [-0.15, -0.1) is 0 Å². The molecule has 1 heterocycles. The third kappa shape index (κ3) is 5.68. The van der Waals surface area contributed by atoms with Crippen molar-refractivity contribution in [2.75, 3.05) is 31.8 Å². The Hall–Kier alpha value is -3.00. The molecule has 0 spiro atoms. The molecule has 0 saturated carbocycles.